The van der Waals surface area contributed by atoms with Crippen molar-refractivity contribution in [2.75, 3.05) is 12.3 Å². The van der Waals surface area contributed by atoms with Gasteiger partial charge in [0.2, 0.25) is 0 Å². The molecule has 108 valence electrons. The first-order valence-corrected chi connectivity index (χ1v) is 8.44. The molecule has 1 unspecified atom stereocenters. The molecule has 0 saturated heterocycles. The minimum atomic E-state index is 0.190. The van der Waals surface area contributed by atoms with Gasteiger partial charge in [0.1, 0.15) is 0 Å². The Morgan fingerprint density at radius 1 is 1.40 bits per heavy atom. The molecule has 0 aliphatic rings. The summed E-state index contributed by atoms with van der Waals surface area (Å²) in [6.07, 6.45) is 0. The van der Waals surface area contributed by atoms with Gasteiger partial charge in [-0.05, 0) is 46.7 Å². The van der Waals surface area contributed by atoms with Crippen LogP contribution in [-0.2, 0) is 7.05 Å². The molecule has 20 heavy (non-hydrogen) atoms. The summed E-state index contributed by atoms with van der Waals surface area (Å²) in [4.78, 5) is 1.20. The van der Waals surface area contributed by atoms with Crippen molar-refractivity contribution in [1.82, 2.24) is 20.3 Å². The molecule has 0 spiro atoms. The Balaban J connectivity index is 2.08. The number of benzene rings is 1. The van der Waals surface area contributed by atoms with E-state index in [2.05, 4.69) is 38.5 Å². The molecule has 7 heteroatoms. The largest absolute Gasteiger partial charge is 0.308 e. The van der Waals surface area contributed by atoms with E-state index < -0.39 is 0 Å². The maximum atomic E-state index is 5.90. The third-order valence-electron chi connectivity index (χ3n) is 2.84. The fraction of sp³-hybridized carbons (Fsp3) is 0.385. The predicted octanol–water partition coefficient (Wildman–Crippen LogP) is 3.67. The minimum absolute atomic E-state index is 0.190. The lowest BCUT2D eigenvalue weighted by molar-refractivity contribution is 0.548. The first-order chi connectivity index (χ1) is 9.61. The van der Waals surface area contributed by atoms with Crippen molar-refractivity contribution >= 4 is 39.3 Å². The highest BCUT2D eigenvalue weighted by atomic mass is 79.9. The van der Waals surface area contributed by atoms with E-state index in [1.54, 1.807) is 16.4 Å². The van der Waals surface area contributed by atoms with Crippen molar-refractivity contribution in [1.29, 1.82) is 0 Å². The average molecular weight is 376 g/mol. The number of aromatic nitrogens is 3. The van der Waals surface area contributed by atoms with Crippen LogP contribution in [0.2, 0.25) is 5.02 Å². The van der Waals surface area contributed by atoms with Crippen LogP contribution in [0.5, 0.6) is 0 Å². The van der Waals surface area contributed by atoms with Crippen molar-refractivity contribution in [2.45, 2.75) is 17.9 Å². The minimum Gasteiger partial charge on any atom is -0.308 e. The van der Waals surface area contributed by atoms with E-state index in [1.807, 2.05) is 31.3 Å². The molecular weight excluding hydrogens is 360 g/mol. The monoisotopic (exact) mass is 374 g/mol. The molecule has 1 N–H and O–H groups in total. The van der Waals surface area contributed by atoms with Gasteiger partial charge in [0.15, 0.2) is 4.60 Å². The molecule has 0 radical (unpaired) electrons. The molecule has 0 fully saturated rings. The zero-order valence-corrected chi connectivity index (χ0v) is 14.5. The summed E-state index contributed by atoms with van der Waals surface area (Å²) in [5.41, 5.74) is 1.06. The Morgan fingerprint density at radius 2 is 2.10 bits per heavy atom. The topological polar surface area (TPSA) is 42.7 Å². The van der Waals surface area contributed by atoms with Crippen molar-refractivity contribution in [3.63, 3.8) is 0 Å². The van der Waals surface area contributed by atoms with Gasteiger partial charge in [0.25, 0.3) is 0 Å². The van der Waals surface area contributed by atoms with E-state index >= 15 is 0 Å². The second kappa shape index (κ2) is 7.45. The van der Waals surface area contributed by atoms with E-state index in [1.165, 1.54) is 4.90 Å². The zero-order valence-electron chi connectivity index (χ0n) is 11.3. The number of thioether (sulfide) groups is 1. The van der Waals surface area contributed by atoms with Gasteiger partial charge in [-0.2, -0.15) is 0 Å². The van der Waals surface area contributed by atoms with Gasteiger partial charge in [-0.1, -0.05) is 23.7 Å². The molecule has 1 atom stereocenters. The molecule has 2 aromatic rings. The van der Waals surface area contributed by atoms with E-state index in [0.29, 0.717) is 0 Å². The Kier molecular flexibility index (Phi) is 5.89. The number of halogens is 2. The SMILES string of the molecule is CCNC(CSc1ccc(Cl)cc1)c1c(Br)nnn1C. The van der Waals surface area contributed by atoms with Crippen molar-refractivity contribution < 1.29 is 0 Å². The second-order valence-corrected chi connectivity index (χ2v) is 6.55. The number of nitrogens with zero attached hydrogens (tertiary/aromatic N) is 3. The molecule has 1 heterocycles. The van der Waals surface area contributed by atoms with Gasteiger partial charge in [-0.3, -0.25) is 0 Å². The first kappa shape index (κ1) is 15.8. The summed E-state index contributed by atoms with van der Waals surface area (Å²) in [7, 11) is 1.91. The number of rotatable bonds is 6. The molecule has 1 aromatic heterocycles. The van der Waals surface area contributed by atoms with Crippen LogP contribution in [0.25, 0.3) is 0 Å². The summed E-state index contributed by atoms with van der Waals surface area (Å²) in [5, 5.41) is 12.3. The maximum Gasteiger partial charge on any atom is 0.153 e. The van der Waals surface area contributed by atoms with Crippen molar-refractivity contribution in [3.8, 4) is 0 Å². The van der Waals surface area contributed by atoms with Crippen LogP contribution in [0, 0.1) is 0 Å². The maximum absolute atomic E-state index is 5.90. The van der Waals surface area contributed by atoms with Crippen LogP contribution in [0.15, 0.2) is 33.8 Å². The van der Waals surface area contributed by atoms with Crippen LogP contribution in [0.4, 0.5) is 0 Å². The van der Waals surface area contributed by atoms with Crippen molar-refractivity contribution in [3.05, 3.63) is 39.6 Å². The first-order valence-electron chi connectivity index (χ1n) is 6.28. The van der Waals surface area contributed by atoms with Gasteiger partial charge >= 0.3 is 0 Å². The van der Waals surface area contributed by atoms with Gasteiger partial charge < -0.3 is 5.32 Å². The van der Waals surface area contributed by atoms with Gasteiger partial charge in [0, 0.05) is 22.7 Å². The third kappa shape index (κ3) is 3.97. The molecular formula is C13H16BrClN4S. The second-order valence-electron chi connectivity index (χ2n) is 4.26. The lowest BCUT2D eigenvalue weighted by Gasteiger charge is -2.17. The Bertz CT molecular complexity index is 538. The fourth-order valence-electron chi connectivity index (χ4n) is 1.90. The van der Waals surface area contributed by atoms with E-state index in [4.69, 9.17) is 11.6 Å². The van der Waals surface area contributed by atoms with Gasteiger partial charge in [0.05, 0.1) is 11.7 Å². The number of aryl methyl sites for hydroxylation is 1. The van der Waals surface area contributed by atoms with Crippen LogP contribution in [0.3, 0.4) is 0 Å². The molecule has 0 saturated carbocycles. The Morgan fingerprint density at radius 3 is 2.65 bits per heavy atom. The smallest absolute Gasteiger partial charge is 0.153 e. The summed E-state index contributed by atoms with van der Waals surface area (Å²) in [6.45, 7) is 2.99. The lowest BCUT2D eigenvalue weighted by Crippen LogP contribution is -2.25. The lowest BCUT2D eigenvalue weighted by atomic mass is 10.2. The standard InChI is InChI=1S/C13H16BrClN4S/c1-3-16-11(12-13(14)17-18-19(12)2)8-20-10-6-4-9(15)5-7-10/h4-7,11,16H,3,8H2,1-2H3. The molecule has 0 bridgehead atoms. The zero-order chi connectivity index (χ0) is 14.5. The van der Waals surface area contributed by atoms with E-state index in [0.717, 1.165) is 27.6 Å². The van der Waals surface area contributed by atoms with Crippen LogP contribution in [-0.4, -0.2) is 27.3 Å². The van der Waals surface area contributed by atoms with Gasteiger partial charge in [-0.25, -0.2) is 4.68 Å². The normalized spacial score (nSPS) is 12.6. The van der Waals surface area contributed by atoms with Crippen LogP contribution < -0.4 is 5.32 Å². The molecule has 0 aliphatic heterocycles. The van der Waals surface area contributed by atoms with Crippen molar-refractivity contribution in [2.24, 2.45) is 7.05 Å². The summed E-state index contributed by atoms with van der Waals surface area (Å²) >= 11 is 11.1. The quantitative estimate of drug-likeness (QED) is 0.782. The Hall–Kier alpha value is -0.560. The van der Waals surface area contributed by atoms with Crippen LogP contribution in [0.1, 0.15) is 18.7 Å². The Labute approximate surface area is 136 Å². The number of hydrogen-bond acceptors (Lipinski definition) is 4. The highest BCUT2D eigenvalue weighted by Gasteiger charge is 2.19. The molecule has 0 amide bonds. The summed E-state index contributed by atoms with van der Waals surface area (Å²) < 4.78 is 2.60. The number of nitrogens with one attached hydrogen (secondary N) is 1. The molecule has 2 rings (SSSR count). The average Bonchev–Trinajstić information content (AvgIpc) is 2.76. The molecule has 4 nitrogen and oxygen atoms in total. The molecule has 0 aliphatic carbocycles. The highest BCUT2D eigenvalue weighted by molar-refractivity contribution is 9.10. The van der Waals surface area contributed by atoms with E-state index in [9.17, 15) is 0 Å². The van der Waals surface area contributed by atoms with E-state index in [-0.39, 0.29) is 6.04 Å². The summed E-state index contributed by atoms with van der Waals surface area (Å²) in [6, 6.07) is 8.08. The number of hydrogen-bond donors (Lipinski definition) is 1. The predicted molar refractivity (Wildman–Crippen MR) is 87.3 cm³/mol. The highest BCUT2D eigenvalue weighted by Crippen LogP contribution is 2.28. The van der Waals surface area contributed by atoms with Gasteiger partial charge in [-0.15, -0.1) is 16.9 Å². The third-order valence-corrected chi connectivity index (χ3v) is 4.76. The fourth-order valence-corrected chi connectivity index (χ4v) is 3.59. The summed E-state index contributed by atoms with van der Waals surface area (Å²) in [5.74, 6) is 0.898. The van der Waals surface area contributed by atoms with Crippen LogP contribution >= 0.6 is 39.3 Å². The molecule has 1 aromatic carbocycles.